The van der Waals surface area contributed by atoms with E-state index in [1.54, 1.807) is 51.2 Å². The molecule has 3 atom stereocenters. The van der Waals surface area contributed by atoms with Crippen molar-refractivity contribution in [2.75, 3.05) is 46.3 Å². The van der Waals surface area contributed by atoms with Crippen molar-refractivity contribution in [1.29, 1.82) is 0 Å². The Hall–Kier alpha value is -3.08. The molecule has 3 fully saturated rings. The zero-order chi connectivity index (χ0) is 34.4. The van der Waals surface area contributed by atoms with Crippen molar-refractivity contribution in [3.63, 3.8) is 0 Å². The maximum Gasteiger partial charge on any atom is 0.248 e. The third-order valence-electron chi connectivity index (χ3n) is 9.77. The molecule has 260 valence electrons. The molecule has 0 radical (unpaired) electrons. The Kier molecular flexibility index (Phi) is 9.91. The lowest BCUT2D eigenvalue weighted by Crippen LogP contribution is -2.55. The van der Waals surface area contributed by atoms with Crippen LogP contribution in [0.4, 0.5) is 0 Å². The summed E-state index contributed by atoms with van der Waals surface area (Å²) in [5.41, 5.74) is 0.334. The lowest BCUT2D eigenvalue weighted by molar-refractivity contribution is -0.143. The van der Waals surface area contributed by atoms with E-state index in [4.69, 9.17) is 16.1 Å². The maximum atomic E-state index is 13.6. The summed E-state index contributed by atoms with van der Waals surface area (Å²) in [7, 11) is -6.19. The van der Waals surface area contributed by atoms with Crippen molar-refractivity contribution in [3.8, 4) is 0 Å². The summed E-state index contributed by atoms with van der Waals surface area (Å²) in [6.45, 7) is 5.87. The molecule has 3 aliphatic heterocycles. The van der Waals surface area contributed by atoms with E-state index in [2.05, 4.69) is 14.8 Å². The van der Waals surface area contributed by atoms with Crippen LogP contribution in [0.1, 0.15) is 43.6 Å². The molecule has 2 amide bonds. The predicted octanol–water partition coefficient (Wildman–Crippen LogP) is 2.75. The number of hydrogen-bond donors (Lipinski definition) is 1. The van der Waals surface area contributed by atoms with Crippen molar-refractivity contribution >= 4 is 54.2 Å². The minimum atomic E-state index is -4.00. The Morgan fingerprint density at radius 1 is 1.02 bits per heavy atom. The number of aromatic nitrogens is 1. The highest BCUT2D eigenvalue weighted by molar-refractivity contribution is 7.89. The number of aryl methyl sites for hydroxylation is 2. The monoisotopic (exact) mass is 720 g/mol. The number of amides is 2. The second-order valence-corrected chi connectivity index (χ2v) is 17.1. The summed E-state index contributed by atoms with van der Waals surface area (Å²) < 4.78 is 62.3. The molecule has 1 aromatic heterocycles. The molecule has 13 nitrogen and oxygen atoms in total. The van der Waals surface area contributed by atoms with Gasteiger partial charge in [-0.25, -0.2) is 16.8 Å². The molecule has 3 saturated heterocycles. The number of nitrogens with one attached hydrogen (secondary N) is 1. The van der Waals surface area contributed by atoms with Crippen molar-refractivity contribution in [2.24, 2.45) is 0 Å². The van der Waals surface area contributed by atoms with E-state index < -0.39 is 32.0 Å². The van der Waals surface area contributed by atoms with Gasteiger partial charge in [0, 0.05) is 50.3 Å². The first-order valence-corrected chi connectivity index (χ1v) is 19.5. The van der Waals surface area contributed by atoms with E-state index in [1.165, 1.54) is 15.3 Å². The first kappa shape index (κ1) is 34.8. The van der Waals surface area contributed by atoms with E-state index in [1.807, 2.05) is 4.90 Å². The van der Waals surface area contributed by atoms with E-state index >= 15 is 0 Å². The Labute approximate surface area is 286 Å². The summed E-state index contributed by atoms with van der Waals surface area (Å²) in [6.07, 6.45) is 3.21. The van der Waals surface area contributed by atoms with Crippen molar-refractivity contribution in [1.82, 2.24) is 28.9 Å². The number of likely N-dealkylation sites (tertiary alicyclic amines) is 3. The molecular formula is C32H41ClN6O7S2. The Bertz CT molecular complexity index is 1920. The van der Waals surface area contributed by atoms with Crippen LogP contribution in [0, 0.1) is 13.8 Å². The number of hydrogen-bond acceptors (Lipinski definition) is 9. The lowest BCUT2D eigenvalue weighted by atomic mass is 10.1. The largest absolute Gasteiger partial charge is 0.360 e. The number of piperidine rings is 1. The number of halogens is 1. The van der Waals surface area contributed by atoms with Crippen molar-refractivity contribution < 1.29 is 30.9 Å². The molecule has 1 unspecified atom stereocenters. The molecular weight excluding hydrogens is 680 g/mol. The second-order valence-electron chi connectivity index (χ2n) is 13.0. The van der Waals surface area contributed by atoms with E-state index in [0.29, 0.717) is 68.1 Å². The third-order valence-corrected chi connectivity index (χ3v) is 13.6. The van der Waals surface area contributed by atoms with Gasteiger partial charge >= 0.3 is 0 Å². The molecule has 0 bridgehead atoms. The van der Waals surface area contributed by atoms with Gasteiger partial charge in [0.1, 0.15) is 16.6 Å². The summed E-state index contributed by atoms with van der Waals surface area (Å²) in [5.74, 6) is -0.316. The van der Waals surface area contributed by atoms with Crippen LogP contribution in [-0.4, -0.2) is 117 Å². The zero-order valence-electron chi connectivity index (χ0n) is 27.3. The van der Waals surface area contributed by atoms with Crippen LogP contribution in [0.25, 0.3) is 10.8 Å². The Balaban J connectivity index is 1.05. The quantitative estimate of drug-likeness (QED) is 0.333. The van der Waals surface area contributed by atoms with Gasteiger partial charge in [0.25, 0.3) is 0 Å². The number of nitrogens with zero attached hydrogens (tertiary/aromatic N) is 5. The first-order valence-electron chi connectivity index (χ1n) is 16.2. The van der Waals surface area contributed by atoms with Gasteiger partial charge in [0.2, 0.25) is 31.9 Å². The number of rotatable bonds is 10. The van der Waals surface area contributed by atoms with Crippen LogP contribution < -0.4 is 4.72 Å². The van der Waals surface area contributed by atoms with Gasteiger partial charge in [-0.3, -0.25) is 14.5 Å². The van der Waals surface area contributed by atoms with Crippen molar-refractivity contribution in [3.05, 3.63) is 52.9 Å². The fraction of sp³-hybridized carbons (Fsp3) is 0.531. The Morgan fingerprint density at radius 2 is 1.75 bits per heavy atom. The zero-order valence-corrected chi connectivity index (χ0v) is 29.7. The van der Waals surface area contributed by atoms with Crippen LogP contribution in [0.2, 0.25) is 5.02 Å². The van der Waals surface area contributed by atoms with Crippen LogP contribution in [0.15, 0.2) is 50.7 Å². The maximum absolute atomic E-state index is 13.6. The molecule has 0 spiro atoms. The van der Waals surface area contributed by atoms with Crippen LogP contribution in [-0.2, 0) is 29.6 Å². The molecule has 16 heteroatoms. The lowest BCUT2D eigenvalue weighted by Gasteiger charge is -2.35. The molecule has 0 aliphatic carbocycles. The molecule has 3 aromatic rings. The molecule has 1 N–H and O–H groups in total. The highest BCUT2D eigenvalue weighted by Crippen LogP contribution is 2.29. The van der Waals surface area contributed by atoms with Crippen LogP contribution in [0.5, 0.6) is 0 Å². The number of fused-ring (bicyclic) bond motifs is 1. The van der Waals surface area contributed by atoms with Crippen molar-refractivity contribution in [2.45, 2.75) is 73.9 Å². The minimum absolute atomic E-state index is 0.0508. The SMILES string of the molecule is Cc1noc(C)c1S(=O)(=O)N(C)C1CCN(C[C@@H]2CCCN2C(=O)CN2CCC[C@H](NS(=O)(=O)c3ccc4cc(Cl)ccc4c3)C2=O)C1. The number of carbonyl (C=O) groups excluding carboxylic acids is 2. The van der Waals surface area contributed by atoms with Gasteiger partial charge in [-0.15, -0.1) is 0 Å². The van der Waals surface area contributed by atoms with Gasteiger partial charge < -0.3 is 14.3 Å². The number of likely N-dealkylation sites (N-methyl/N-ethyl adjacent to an activating group) is 1. The summed E-state index contributed by atoms with van der Waals surface area (Å²) in [6, 6.07) is 8.65. The van der Waals surface area contributed by atoms with Gasteiger partial charge in [-0.2, -0.15) is 9.03 Å². The second kappa shape index (κ2) is 13.7. The molecule has 4 heterocycles. The minimum Gasteiger partial charge on any atom is -0.360 e. The Morgan fingerprint density at radius 3 is 2.50 bits per heavy atom. The highest BCUT2D eigenvalue weighted by Gasteiger charge is 2.39. The standard InChI is InChI=1S/C32H41ClN6O7S2/c1-21-31(22(2)46-34-21)48(44,45)36(3)26-12-15-37(18-26)19-27-6-4-14-39(27)30(40)20-38-13-5-7-29(32(38)41)35-47(42,43)28-11-9-23-16-25(33)10-8-24(23)17-28/h8-11,16-17,26-27,29,35H,4-7,12-15,18-20H2,1-3H3/t26?,27-,29-/m0/s1. The van der Waals surface area contributed by atoms with Crippen LogP contribution in [0.3, 0.4) is 0 Å². The van der Waals surface area contributed by atoms with Crippen LogP contribution >= 0.6 is 11.6 Å². The topological polar surface area (TPSA) is 153 Å². The van der Waals surface area contributed by atoms with Gasteiger partial charge in [0.15, 0.2) is 5.76 Å². The van der Waals surface area contributed by atoms with Gasteiger partial charge in [-0.05, 0) is 87.5 Å². The summed E-state index contributed by atoms with van der Waals surface area (Å²) in [5, 5.41) is 5.87. The van der Waals surface area contributed by atoms with E-state index in [9.17, 15) is 26.4 Å². The first-order chi connectivity index (χ1) is 22.7. The third kappa shape index (κ3) is 6.98. The molecule has 48 heavy (non-hydrogen) atoms. The molecule has 0 saturated carbocycles. The average Bonchev–Trinajstić information content (AvgIpc) is 3.79. The average molecular weight is 721 g/mol. The highest BCUT2D eigenvalue weighted by atomic mass is 35.5. The predicted molar refractivity (Wildman–Crippen MR) is 179 cm³/mol. The summed E-state index contributed by atoms with van der Waals surface area (Å²) >= 11 is 6.06. The normalized spacial score (nSPS) is 22.8. The van der Waals surface area contributed by atoms with E-state index in [-0.39, 0.29) is 40.1 Å². The number of carbonyl (C=O) groups is 2. The fourth-order valence-electron chi connectivity index (χ4n) is 7.19. The smallest absolute Gasteiger partial charge is 0.248 e. The summed E-state index contributed by atoms with van der Waals surface area (Å²) in [4.78, 5) is 32.6. The molecule has 2 aromatic carbocycles. The van der Waals surface area contributed by atoms with E-state index in [0.717, 1.165) is 18.2 Å². The number of sulfonamides is 2. The van der Waals surface area contributed by atoms with Gasteiger partial charge in [-0.1, -0.05) is 28.9 Å². The molecule has 3 aliphatic rings. The fourth-order valence-corrected chi connectivity index (χ4v) is 10.3. The van der Waals surface area contributed by atoms with Gasteiger partial charge in [0.05, 0.1) is 11.4 Å². The number of benzene rings is 2. The molecule has 6 rings (SSSR count).